The van der Waals surface area contributed by atoms with Gasteiger partial charge in [0.25, 0.3) is 0 Å². The largest absolute Gasteiger partial charge is 0.351 e. The zero-order valence-corrected chi connectivity index (χ0v) is 20.7. The highest BCUT2D eigenvalue weighted by atomic mass is 32.2. The summed E-state index contributed by atoms with van der Waals surface area (Å²) in [5.74, 6) is -0.0630. The molecule has 7 nitrogen and oxygen atoms in total. The van der Waals surface area contributed by atoms with Crippen molar-refractivity contribution in [3.8, 4) is 0 Å². The molecule has 3 aromatic rings. The minimum atomic E-state index is -3.52. The third-order valence-corrected chi connectivity index (χ3v) is 8.90. The molecule has 2 aromatic carbocycles. The van der Waals surface area contributed by atoms with Gasteiger partial charge in [-0.15, -0.1) is 0 Å². The smallest absolute Gasteiger partial charge is 0.243 e. The number of thioether (sulfide) groups is 1. The Labute approximate surface area is 199 Å². The Morgan fingerprint density at radius 2 is 1.85 bits per heavy atom. The number of rotatable bonds is 8. The van der Waals surface area contributed by atoms with Gasteiger partial charge in [0.2, 0.25) is 15.9 Å². The summed E-state index contributed by atoms with van der Waals surface area (Å²) in [6, 6.07) is 15.0. The molecule has 1 fully saturated rings. The molecule has 0 radical (unpaired) electrons. The molecule has 0 saturated carbocycles. The van der Waals surface area contributed by atoms with Gasteiger partial charge >= 0.3 is 0 Å². The molecule has 0 unspecified atom stereocenters. The molecule has 2 heterocycles. The number of aryl methyl sites for hydroxylation is 1. The third kappa shape index (κ3) is 5.26. The van der Waals surface area contributed by atoms with Crippen LogP contribution in [0.3, 0.4) is 0 Å². The number of fused-ring (bicyclic) bond motifs is 1. The lowest BCUT2D eigenvalue weighted by Gasteiger charge is -2.25. The maximum atomic E-state index is 13.1. The lowest BCUT2D eigenvalue weighted by atomic mass is 10.2. The molecule has 1 saturated heterocycles. The van der Waals surface area contributed by atoms with Crippen LogP contribution in [-0.2, 0) is 27.9 Å². The van der Waals surface area contributed by atoms with Crippen LogP contribution < -0.4 is 5.32 Å². The lowest BCUT2D eigenvalue weighted by Crippen LogP contribution is -2.35. The maximum Gasteiger partial charge on any atom is 0.243 e. The Hall–Kier alpha value is -2.36. The number of hydrogen-bond acceptors (Lipinski definition) is 5. The lowest BCUT2D eigenvalue weighted by molar-refractivity contribution is -0.120. The van der Waals surface area contributed by atoms with E-state index in [-0.39, 0.29) is 16.1 Å². The fourth-order valence-corrected chi connectivity index (χ4v) is 6.59. The van der Waals surface area contributed by atoms with Crippen molar-refractivity contribution in [3.63, 3.8) is 0 Å². The van der Waals surface area contributed by atoms with Crippen LogP contribution in [0.1, 0.15) is 38.7 Å². The third-order valence-electron chi connectivity index (χ3n) is 5.91. The van der Waals surface area contributed by atoms with E-state index in [9.17, 15) is 13.2 Å². The second-order valence-corrected chi connectivity index (χ2v) is 11.5. The quantitative estimate of drug-likeness (QED) is 0.486. The van der Waals surface area contributed by atoms with Crippen LogP contribution in [0, 0.1) is 0 Å². The van der Waals surface area contributed by atoms with Gasteiger partial charge in [0.1, 0.15) is 0 Å². The van der Waals surface area contributed by atoms with Crippen LogP contribution in [0.2, 0.25) is 0 Å². The molecule has 1 aromatic heterocycles. The minimum absolute atomic E-state index is 0.0630. The van der Waals surface area contributed by atoms with E-state index in [2.05, 4.69) is 5.32 Å². The number of nitrogens with one attached hydrogen (secondary N) is 1. The average molecular weight is 487 g/mol. The first-order valence-corrected chi connectivity index (χ1v) is 13.7. The Bertz CT molecular complexity index is 1220. The molecule has 4 rings (SSSR count). The summed E-state index contributed by atoms with van der Waals surface area (Å²) in [6.07, 6.45) is 2.87. The highest BCUT2D eigenvalue weighted by Gasteiger charge is 2.27. The molecule has 1 amide bonds. The first-order valence-electron chi connectivity index (χ1n) is 11.4. The van der Waals surface area contributed by atoms with Crippen LogP contribution in [-0.4, -0.2) is 46.5 Å². The van der Waals surface area contributed by atoms with E-state index in [1.807, 2.05) is 54.8 Å². The van der Waals surface area contributed by atoms with Crippen molar-refractivity contribution < 1.29 is 13.2 Å². The summed E-state index contributed by atoms with van der Waals surface area (Å²) in [5.41, 5.74) is 2.55. The monoisotopic (exact) mass is 486 g/mol. The Morgan fingerprint density at radius 1 is 1.12 bits per heavy atom. The van der Waals surface area contributed by atoms with E-state index in [4.69, 9.17) is 4.98 Å². The van der Waals surface area contributed by atoms with Crippen molar-refractivity contribution in [2.45, 2.75) is 61.5 Å². The van der Waals surface area contributed by atoms with E-state index in [0.29, 0.717) is 36.9 Å². The molecule has 1 N–H and O–H groups in total. The number of hydrogen-bond donors (Lipinski definition) is 1. The van der Waals surface area contributed by atoms with Crippen LogP contribution >= 0.6 is 11.8 Å². The summed E-state index contributed by atoms with van der Waals surface area (Å²) in [6.45, 7) is 6.17. The van der Waals surface area contributed by atoms with Gasteiger partial charge in [-0.05, 0) is 50.5 Å². The van der Waals surface area contributed by atoms with Gasteiger partial charge < -0.3 is 9.88 Å². The van der Waals surface area contributed by atoms with Gasteiger partial charge in [0, 0.05) is 26.2 Å². The zero-order valence-electron chi connectivity index (χ0n) is 19.0. The van der Waals surface area contributed by atoms with Crippen molar-refractivity contribution in [1.82, 2.24) is 19.2 Å². The van der Waals surface area contributed by atoms with Gasteiger partial charge in [0.15, 0.2) is 5.16 Å². The van der Waals surface area contributed by atoms with Crippen molar-refractivity contribution in [1.29, 1.82) is 0 Å². The molecule has 9 heteroatoms. The van der Waals surface area contributed by atoms with Crippen LogP contribution in [0.4, 0.5) is 0 Å². The number of benzene rings is 2. The predicted molar refractivity (Wildman–Crippen MR) is 132 cm³/mol. The van der Waals surface area contributed by atoms with Gasteiger partial charge in [0.05, 0.1) is 21.2 Å². The minimum Gasteiger partial charge on any atom is -0.351 e. The summed E-state index contributed by atoms with van der Waals surface area (Å²) in [7, 11) is -3.52. The number of sulfonamides is 1. The van der Waals surface area contributed by atoms with E-state index >= 15 is 0 Å². The second kappa shape index (κ2) is 10.3. The Kier molecular flexibility index (Phi) is 7.41. The molecular formula is C24H30N4O3S2. The Balaban J connectivity index is 1.52. The van der Waals surface area contributed by atoms with Crippen molar-refractivity contribution in [2.24, 2.45) is 0 Å². The fraction of sp³-hybridized carbons (Fsp3) is 0.417. The van der Waals surface area contributed by atoms with Crippen LogP contribution in [0.15, 0.2) is 58.6 Å². The van der Waals surface area contributed by atoms with Gasteiger partial charge in [-0.2, -0.15) is 4.31 Å². The molecule has 0 spiro atoms. The normalized spacial score (nSPS) is 16.1. The van der Waals surface area contributed by atoms with Crippen LogP contribution in [0.5, 0.6) is 0 Å². The number of imidazole rings is 1. The highest BCUT2D eigenvalue weighted by Crippen LogP contribution is 2.30. The summed E-state index contributed by atoms with van der Waals surface area (Å²) >= 11 is 1.39. The van der Waals surface area contributed by atoms with E-state index < -0.39 is 10.0 Å². The van der Waals surface area contributed by atoms with Gasteiger partial charge in [-0.25, -0.2) is 13.4 Å². The summed E-state index contributed by atoms with van der Waals surface area (Å²) in [5, 5.41) is 3.34. The first-order chi connectivity index (χ1) is 15.9. The molecule has 0 aliphatic carbocycles. The summed E-state index contributed by atoms with van der Waals surface area (Å²) < 4.78 is 29.8. The van der Waals surface area contributed by atoms with E-state index in [0.717, 1.165) is 30.3 Å². The second-order valence-electron chi connectivity index (χ2n) is 8.22. The molecule has 1 aliphatic heterocycles. The predicted octanol–water partition coefficient (Wildman–Crippen LogP) is 4.03. The molecule has 33 heavy (non-hydrogen) atoms. The summed E-state index contributed by atoms with van der Waals surface area (Å²) in [4.78, 5) is 17.6. The van der Waals surface area contributed by atoms with Crippen LogP contribution in [0.25, 0.3) is 11.0 Å². The zero-order chi connectivity index (χ0) is 23.4. The number of piperidine rings is 1. The maximum absolute atomic E-state index is 13.1. The number of aromatic nitrogens is 2. The number of carbonyl (C=O) groups excluding carboxylic acids is 1. The van der Waals surface area contributed by atoms with E-state index in [1.54, 1.807) is 16.4 Å². The highest BCUT2D eigenvalue weighted by molar-refractivity contribution is 8.00. The molecular weight excluding hydrogens is 456 g/mol. The number of nitrogens with zero attached hydrogens (tertiary/aromatic N) is 3. The SMILES string of the molecule is CCn1c(S[C@H](C)C(=O)NCc2ccccc2)nc2cc(S(=O)(=O)N3CCCCC3)ccc21. The topological polar surface area (TPSA) is 84.3 Å². The van der Waals surface area contributed by atoms with Gasteiger partial charge in [-0.1, -0.05) is 48.5 Å². The number of amides is 1. The van der Waals surface area contributed by atoms with Gasteiger partial charge in [-0.3, -0.25) is 4.79 Å². The molecule has 176 valence electrons. The van der Waals surface area contributed by atoms with Crippen molar-refractivity contribution >= 4 is 38.7 Å². The average Bonchev–Trinajstić information content (AvgIpc) is 3.19. The Morgan fingerprint density at radius 3 is 2.55 bits per heavy atom. The van der Waals surface area contributed by atoms with E-state index in [1.165, 1.54) is 11.8 Å². The number of carbonyl (C=O) groups is 1. The molecule has 0 bridgehead atoms. The molecule has 1 atom stereocenters. The fourth-order valence-electron chi connectivity index (χ4n) is 4.04. The standard InChI is InChI=1S/C24H30N4O3S2/c1-3-28-22-13-12-20(33(30,31)27-14-8-5-9-15-27)16-21(22)26-24(28)32-18(2)23(29)25-17-19-10-6-4-7-11-19/h4,6-7,10-13,16,18H,3,5,8-9,14-15,17H2,1-2H3,(H,25,29)/t18-/m1/s1. The molecule has 1 aliphatic rings. The first kappa shape index (κ1) is 23.8. The van der Waals surface area contributed by atoms with Crippen molar-refractivity contribution in [2.75, 3.05) is 13.1 Å². The van der Waals surface area contributed by atoms with Crippen molar-refractivity contribution in [3.05, 3.63) is 54.1 Å².